The Morgan fingerprint density at radius 1 is 1.38 bits per heavy atom. The van der Waals surface area contributed by atoms with E-state index in [1.54, 1.807) is 32.1 Å². The van der Waals surface area contributed by atoms with E-state index in [1.165, 1.54) is 4.90 Å². The lowest BCUT2D eigenvalue weighted by molar-refractivity contribution is -0.141. The van der Waals surface area contributed by atoms with E-state index in [2.05, 4.69) is 20.3 Å². The van der Waals surface area contributed by atoms with Gasteiger partial charge in [0.25, 0.3) is 0 Å². The van der Waals surface area contributed by atoms with Crippen molar-refractivity contribution in [3.05, 3.63) is 51.5 Å². The molecule has 0 radical (unpaired) electrons. The highest BCUT2D eigenvalue weighted by atomic mass is 32.1. The number of benzene rings is 1. The van der Waals surface area contributed by atoms with Crippen LogP contribution in [-0.4, -0.2) is 51.5 Å². The number of nitrogens with one attached hydrogen (secondary N) is 1. The van der Waals surface area contributed by atoms with Crippen molar-refractivity contribution in [3.8, 4) is 10.4 Å². The molecule has 0 unspecified atom stereocenters. The summed E-state index contributed by atoms with van der Waals surface area (Å²) < 4.78 is 0. The average Bonchev–Trinajstić information content (AvgIpc) is 3.35. The monoisotopic (exact) mass is 456 g/mol. The predicted octanol–water partition coefficient (Wildman–Crippen LogP) is 3.42. The number of hydrogen-bond acceptors (Lipinski definition) is 6. The molecule has 1 aromatic carbocycles. The van der Waals surface area contributed by atoms with Crippen LogP contribution >= 0.6 is 11.3 Å². The van der Waals surface area contributed by atoms with Crippen LogP contribution in [0.15, 0.2) is 34.9 Å². The number of aliphatic hydroxyl groups excluding tert-OH is 1. The van der Waals surface area contributed by atoms with Gasteiger partial charge in [-0.05, 0) is 29.0 Å². The average molecular weight is 457 g/mol. The molecule has 170 valence electrons. The fourth-order valence-corrected chi connectivity index (χ4v) is 4.58. The topological polar surface area (TPSA) is 131 Å². The number of rotatable bonds is 6. The lowest BCUT2D eigenvalue weighted by Gasteiger charge is -2.32. The van der Waals surface area contributed by atoms with Crippen molar-refractivity contribution in [2.45, 2.75) is 58.8 Å². The third-order valence-corrected chi connectivity index (χ3v) is 6.49. The Labute approximate surface area is 191 Å². The molecular weight excluding hydrogens is 428 g/mol. The van der Waals surface area contributed by atoms with Crippen molar-refractivity contribution in [2.75, 3.05) is 6.54 Å². The zero-order valence-corrected chi connectivity index (χ0v) is 19.5. The van der Waals surface area contributed by atoms with Gasteiger partial charge in [-0.15, -0.1) is 11.3 Å². The van der Waals surface area contributed by atoms with Crippen LogP contribution in [-0.2, 0) is 16.1 Å². The summed E-state index contributed by atoms with van der Waals surface area (Å²) in [5, 5.41) is 16.7. The van der Waals surface area contributed by atoms with E-state index in [0.29, 0.717) is 6.54 Å². The minimum Gasteiger partial charge on any atom is -0.391 e. The summed E-state index contributed by atoms with van der Waals surface area (Å²) in [5.41, 5.74) is 13.1. The summed E-state index contributed by atoms with van der Waals surface area (Å²) >= 11 is 1.58. The fraction of sp³-hybridized carbons (Fsp3) is 0.500. The molecule has 3 rings (SSSR count). The zero-order chi connectivity index (χ0) is 23.5. The molecule has 10 heteroatoms. The van der Waals surface area contributed by atoms with Crippen LogP contribution < -0.4 is 5.32 Å². The number of aromatic nitrogens is 1. The SMILES string of the molecule is Cc1ncsc1-c1ccc(CNC(=O)[C@@H]2C[C@@H](O)CN2C(=O)[C@@H](N=[N+]=[N-])C(C)(C)C)cc1. The molecule has 1 aliphatic rings. The molecule has 3 atom stereocenters. The summed E-state index contributed by atoms with van der Waals surface area (Å²) in [5.74, 6) is -0.790. The molecule has 1 fully saturated rings. The second kappa shape index (κ2) is 9.68. The van der Waals surface area contributed by atoms with Crippen molar-refractivity contribution in [3.63, 3.8) is 0 Å². The first-order valence-corrected chi connectivity index (χ1v) is 11.3. The minimum atomic E-state index is -0.962. The van der Waals surface area contributed by atoms with Crippen molar-refractivity contribution >= 4 is 23.2 Å². The first kappa shape index (κ1) is 23.7. The molecule has 1 aromatic heterocycles. The number of carbonyl (C=O) groups excluding carboxylic acids is 2. The first-order valence-electron chi connectivity index (χ1n) is 10.4. The largest absolute Gasteiger partial charge is 0.391 e. The van der Waals surface area contributed by atoms with E-state index in [1.807, 2.05) is 36.7 Å². The van der Waals surface area contributed by atoms with Crippen LogP contribution in [0.2, 0.25) is 0 Å². The van der Waals surface area contributed by atoms with Gasteiger partial charge in [-0.2, -0.15) is 0 Å². The smallest absolute Gasteiger partial charge is 0.243 e. The van der Waals surface area contributed by atoms with Gasteiger partial charge in [-0.25, -0.2) is 4.98 Å². The maximum absolute atomic E-state index is 13.1. The number of thiazole rings is 1. The maximum atomic E-state index is 13.1. The number of azide groups is 1. The van der Waals surface area contributed by atoms with Gasteiger partial charge in [0.15, 0.2) is 0 Å². The van der Waals surface area contributed by atoms with Crippen LogP contribution in [0.1, 0.15) is 38.4 Å². The Morgan fingerprint density at radius 2 is 2.06 bits per heavy atom. The molecule has 2 heterocycles. The van der Waals surface area contributed by atoms with Crippen LogP contribution in [0.25, 0.3) is 20.9 Å². The van der Waals surface area contributed by atoms with Gasteiger partial charge in [0, 0.05) is 24.4 Å². The number of likely N-dealkylation sites (tertiary alicyclic amines) is 1. The predicted molar refractivity (Wildman–Crippen MR) is 123 cm³/mol. The molecular formula is C22H28N6O3S. The standard InChI is InChI=1S/C22H28N6O3S/c1-13-18(32-12-25-13)15-7-5-14(6-8-15)10-24-20(30)17-9-16(29)11-28(17)21(31)19(26-27-23)22(2,3)4/h5-8,12,16-17,19,29H,9-11H2,1-4H3,(H,24,30)/t16-,17+,19-/m1/s1. The van der Waals surface area contributed by atoms with Crippen molar-refractivity contribution in [1.82, 2.24) is 15.2 Å². The van der Waals surface area contributed by atoms with Gasteiger partial charge in [0.1, 0.15) is 12.1 Å². The van der Waals surface area contributed by atoms with Gasteiger partial charge in [-0.3, -0.25) is 9.59 Å². The third-order valence-electron chi connectivity index (χ3n) is 5.51. The molecule has 2 aromatic rings. The molecule has 2 amide bonds. The zero-order valence-electron chi connectivity index (χ0n) is 18.6. The molecule has 1 aliphatic heterocycles. The number of aryl methyl sites for hydroxylation is 1. The summed E-state index contributed by atoms with van der Waals surface area (Å²) in [6.45, 7) is 7.69. The Morgan fingerprint density at radius 3 is 2.62 bits per heavy atom. The highest BCUT2D eigenvalue weighted by molar-refractivity contribution is 7.13. The van der Waals surface area contributed by atoms with Crippen LogP contribution in [0, 0.1) is 12.3 Å². The van der Waals surface area contributed by atoms with Crippen LogP contribution in [0.5, 0.6) is 0 Å². The molecule has 0 saturated carbocycles. The van der Waals surface area contributed by atoms with Gasteiger partial charge in [0.05, 0.1) is 22.2 Å². The fourth-order valence-electron chi connectivity index (χ4n) is 3.77. The van der Waals surface area contributed by atoms with Crippen LogP contribution in [0.4, 0.5) is 0 Å². The van der Waals surface area contributed by atoms with Gasteiger partial charge < -0.3 is 15.3 Å². The highest BCUT2D eigenvalue weighted by Crippen LogP contribution is 2.29. The quantitative estimate of drug-likeness (QED) is 0.391. The summed E-state index contributed by atoms with van der Waals surface area (Å²) in [4.78, 5) is 35.5. The van der Waals surface area contributed by atoms with E-state index in [9.17, 15) is 14.7 Å². The molecule has 32 heavy (non-hydrogen) atoms. The third kappa shape index (κ3) is 5.27. The number of amides is 2. The van der Waals surface area contributed by atoms with E-state index < -0.39 is 29.5 Å². The summed E-state index contributed by atoms with van der Waals surface area (Å²) in [7, 11) is 0. The Hall–Kier alpha value is -2.94. The number of aliphatic hydroxyl groups is 1. The lowest BCUT2D eigenvalue weighted by Crippen LogP contribution is -2.51. The molecule has 1 saturated heterocycles. The molecule has 0 aliphatic carbocycles. The van der Waals surface area contributed by atoms with Gasteiger partial charge >= 0.3 is 0 Å². The second-order valence-corrected chi connectivity index (χ2v) is 9.91. The van der Waals surface area contributed by atoms with Gasteiger partial charge in [-0.1, -0.05) is 50.2 Å². The lowest BCUT2D eigenvalue weighted by atomic mass is 9.86. The second-order valence-electron chi connectivity index (χ2n) is 9.05. The number of nitrogens with zero attached hydrogens (tertiary/aromatic N) is 5. The van der Waals surface area contributed by atoms with Crippen molar-refractivity contribution in [2.24, 2.45) is 10.5 Å². The summed E-state index contributed by atoms with van der Waals surface area (Å²) in [6.07, 6.45) is -0.655. The maximum Gasteiger partial charge on any atom is 0.243 e. The molecule has 0 spiro atoms. The number of hydrogen-bond donors (Lipinski definition) is 2. The van der Waals surface area contributed by atoms with Crippen molar-refractivity contribution < 1.29 is 14.7 Å². The Bertz CT molecular complexity index is 1020. The van der Waals surface area contributed by atoms with Gasteiger partial charge in [0.2, 0.25) is 11.8 Å². The van der Waals surface area contributed by atoms with E-state index in [0.717, 1.165) is 21.7 Å². The van der Waals surface area contributed by atoms with E-state index >= 15 is 0 Å². The summed E-state index contributed by atoms with van der Waals surface area (Å²) in [6, 6.07) is 6.10. The van der Waals surface area contributed by atoms with Crippen LogP contribution in [0.3, 0.4) is 0 Å². The number of carbonyl (C=O) groups is 2. The molecule has 9 nitrogen and oxygen atoms in total. The number of β-amino-alcohol motifs (C(OH)–C–C–N with tert-alkyl or cyclic N) is 1. The van der Waals surface area contributed by atoms with Crippen molar-refractivity contribution in [1.29, 1.82) is 0 Å². The van der Waals surface area contributed by atoms with E-state index in [4.69, 9.17) is 5.53 Å². The Kier molecular flexibility index (Phi) is 7.18. The molecule has 0 bridgehead atoms. The molecule has 2 N–H and O–H groups in total. The van der Waals surface area contributed by atoms with E-state index in [-0.39, 0.29) is 18.9 Å². The first-order chi connectivity index (χ1) is 15.1. The Balaban J connectivity index is 1.67. The highest BCUT2D eigenvalue weighted by Gasteiger charge is 2.43. The normalized spacial score (nSPS) is 19.3. The minimum absolute atomic E-state index is 0.0351.